The third-order valence-corrected chi connectivity index (χ3v) is 6.38. The van der Waals surface area contributed by atoms with Crippen molar-refractivity contribution < 1.29 is 40.2 Å². The normalized spacial score (nSPS) is 13.8. The number of rotatable bonds is 21. The molecule has 0 fully saturated rings. The summed E-state index contributed by atoms with van der Waals surface area (Å²) in [4.78, 5) is 0. The summed E-state index contributed by atoms with van der Waals surface area (Å²) in [5, 5.41) is 0. The molecule has 0 aromatic rings. The van der Waals surface area contributed by atoms with Gasteiger partial charge >= 0.3 is 0 Å². The Kier molecular flexibility index (Phi) is 30.6. The molecule has 2 nitrogen and oxygen atoms in total. The van der Waals surface area contributed by atoms with E-state index in [4.69, 9.17) is 9.05 Å². The van der Waals surface area contributed by atoms with E-state index >= 15 is 0 Å². The Morgan fingerprint density at radius 2 is 1.19 bits per heavy atom. The average molecular weight is 662 g/mol. The summed E-state index contributed by atoms with van der Waals surface area (Å²) in [6, 6.07) is 0. The molecule has 0 saturated carbocycles. The molecule has 0 radical (unpaired) electrons. The maximum Gasteiger partial charge on any atom is 0.0617 e. The van der Waals surface area contributed by atoms with E-state index in [0.717, 1.165) is 6.42 Å². The molecule has 0 amide bonds. The fourth-order valence-corrected chi connectivity index (χ4v) is 4.77. The minimum Gasteiger partial charge on any atom is -0.362 e. The Balaban J connectivity index is 0. The number of unbranched alkanes of at least 4 members (excludes halogenated alkanes) is 10. The molecule has 5 unspecified atom stereocenters. The first-order valence-electron chi connectivity index (χ1n) is 11.0. The van der Waals surface area contributed by atoms with E-state index < -0.39 is 0 Å². The van der Waals surface area contributed by atoms with Crippen molar-refractivity contribution in [3.63, 3.8) is 0 Å². The summed E-state index contributed by atoms with van der Waals surface area (Å²) in [6.07, 6.45) is 23.1. The van der Waals surface area contributed by atoms with Crippen LogP contribution in [0.3, 0.4) is 0 Å². The Labute approximate surface area is 201 Å². The van der Waals surface area contributed by atoms with Crippen LogP contribution >= 0.6 is 26.9 Å². The summed E-state index contributed by atoms with van der Waals surface area (Å²) in [7, 11) is 5.69. The summed E-state index contributed by atoms with van der Waals surface area (Å²) in [5.74, 6) is 0. The first-order valence-corrected chi connectivity index (χ1v) is 14.2. The van der Waals surface area contributed by atoms with Crippen molar-refractivity contribution in [1.29, 1.82) is 0 Å². The van der Waals surface area contributed by atoms with Crippen LogP contribution in [-0.4, -0.2) is 12.2 Å². The van der Waals surface area contributed by atoms with Crippen molar-refractivity contribution in [2.75, 3.05) is 0 Å². The minimum atomic E-state index is 0. The van der Waals surface area contributed by atoms with Gasteiger partial charge in [-0.25, -0.2) is 0 Å². The maximum atomic E-state index is 5.83. The molecule has 0 spiro atoms. The van der Waals surface area contributed by atoms with E-state index in [9.17, 15) is 0 Å². The molecule has 5 atom stereocenters. The fraction of sp³-hybridized carbons (Fsp3) is 0.952. The second-order valence-electron chi connectivity index (χ2n) is 7.51. The zero-order chi connectivity index (χ0) is 19.3. The smallest absolute Gasteiger partial charge is 0.0617 e. The molecule has 0 aliphatic heterocycles. The summed E-state index contributed by atoms with van der Waals surface area (Å²) in [6.45, 7) is 6.17. The molecule has 6 heteroatoms. The number of hydrogen-bond acceptors (Lipinski definition) is 2. The molecule has 0 aromatic heterocycles. The molecule has 162 valence electrons. The van der Waals surface area contributed by atoms with E-state index in [1.54, 1.807) is 0 Å². The molecule has 0 aromatic carbocycles. The predicted octanol–water partition coefficient (Wildman–Crippen LogP) is 8.42. The van der Waals surface area contributed by atoms with Gasteiger partial charge in [-0.1, -0.05) is 92.9 Å². The Bertz CT molecular complexity index is 274. The minimum absolute atomic E-state index is 0. The van der Waals surface area contributed by atoms with Gasteiger partial charge in [0.15, 0.2) is 0 Å². The molecule has 0 rings (SSSR count). The second-order valence-corrected chi connectivity index (χ2v) is 8.96. The van der Waals surface area contributed by atoms with Gasteiger partial charge in [-0.3, -0.25) is 0 Å². The topological polar surface area (TPSA) is 18.5 Å². The standard InChI is InChI=1S/C21H46O2P3.U/c1-3-5-17-21(23-26-25)19-15-13-11-9-7-6-8-10-12-14-18-20(22-24)16-4-2;/h20-21,26H,1,3-19,24-25H2,2H3;/q-1;. The van der Waals surface area contributed by atoms with Crippen molar-refractivity contribution in [3.05, 3.63) is 6.92 Å². The van der Waals surface area contributed by atoms with Gasteiger partial charge in [-0.15, -0.1) is 0 Å². The molecular weight excluding hydrogens is 615 g/mol. The third kappa shape index (κ3) is 22.8. The third-order valence-electron chi connectivity index (χ3n) is 5.12. The van der Waals surface area contributed by atoms with Crippen LogP contribution in [0.2, 0.25) is 0 Å². The van der Waals surface area contributed by atoms with Crippen molar-refractivity contribution >= 4 is 26.9 Å². The molecule has 0 heterocycles. The largest absolute Gasteiger partial charge is 0.362 e. The summed E-state index contributed by atoms with van der Waals surface area (Å²) in [5.41, 5.74) is 0. The summed E-state index contributed by atoms with van der Waals surface area (Å²) >= 11 is 0. The molecule has 0 aliphatic rings. The predicted molar refractivity (Wildman–Crippen MR) is 127 cm³/mol. The first-order chi connectivity index (χ1) is 12.8. The summed E-state index contributed by atoms with van der Waals surface area (Å²) < 4.78 is 11.3. The quantitative estimate of drug-likeness (QED) is 0.0699. The van der Waals surface area contributed by atoms with E-state index in [-0.39, 0.29) is 31.1 Å². The first kappa shape index (κ1) is 31.4. The average Bonchev–Trinajstić information content (AvgIpc) is 2.65. The van der Waals surface area contributed by atoms with Crippen molar-refractivity contribution in [1.82, 2.24) is 0 Å². The van der Waals surface area contributed by atoms with Crippen LogP contribution in [0.4, 0.5) is 0 Å². The number of hydrogen-bond donors (Lipinski definition) is 0. The van der Waals surface area contributed by atoms with Gasteiger partial charge in [0.25, 0.3) is 0 Å². The van der Waals surface area contributed by atoms with Crippen LogP contribution in [0.1, 0.15) is 116 Å². The SMILES string of the molecule is [CH2-]CCCC(CCCCCCCCCCCCC(CCC)OP)OPP.[U]. The maximum absolute atomic E-state index is 5.83. The van der Waals surface area contributed by atoms with Crippen molar-refractivity contribution in [3.8, 4) is 0 Å². The van der Waals surface area contributed by atoms with E-state index in [0.29, 0.717) is 20.7 Å². The molecule has 0 aliphatic carbocycles. The van der Waals surface area contributed by atoms with Crippen LogP contribution in [0.5, 0.6) is 0 Å². The van der Waals surface area contributed by atoms with Crippen molar-refractivity contribution in [2.45, 2.75) is 128 Å². The van der Waals surface area contributed by atoms with E-state index in [2.05, 4.69) is 32.2 Å². The Morgan fingerprint density at radius 3 is 1.59 bits per heavy atom. The van der Waals surface area contributed by atoms with Crippen LogP contribution in [0, 0.1) is 38.0 Å². The van der Waals surface area contributed by atoms with Crippen LogP contribution in [-0.2, 0) is 9.05 Å². The zero-order valence-electron chi connectivity index (χ0n) is 17.9. The second kappa shape index (κ2) is 26.3. The molecule has 0 saturated heterocycles. The van der Waals surface area contributed by atoms with Crippen molar-refractivity contribution in [2.24, 2.45) is 0 Å². The van der Waals surface area contributed by atoms with Gasteiger partial charge in [-0.05, 0) is 25.7 Å². The molecule has 0 N–H and O–H groups in total. The zero-order valence-corrected chi connectivity index (χ0v) is 25.3. The van der Waals surface area contributed by atoms with Crippen LogP contribution < -0.4 is 0 Å². The van der Waals surface area contributed by atoms with Crippen LogP contribution in [0.15, 0.2) is 0 Å². The van der Waals surface area contributed by atoms with E-state index in [1.807, 2.05) is 0 Å². The fourth-order valence-electron chi connectivity index (χ4n) is 3.49. The molecule has 27 heavy (non-hydrogen) atoms. The van der Waals surface area contributed by atoms with Gasteiger partial charge < -0.3 is 16.0 Å². The van der Waals surface area contributed by atoms with Gasteiger partial charge in [0.05, 0.1) is 12.2 Å². The van der Waals surface area contributed by atoms with Gasteiger partial charge in [0, 0.05) is 49.1 Å². The van der Waals surface area contributed by atoms with Crippen LogP contribution in [0.25, 0.3) is 0 Å². The molecule has 0 bridgehead atoms. The Hall–Kier alpha value is 2.26. The Morgan fingerprint density at radius 1 is 0.741 bits per heavy atom. The van der Waals surface area contributed by atoms with Gasteiger partial charge in [0.1, 0.15) is 0 Å². The van der Waals surface area contributed by atoms with E-state index in [1.165, 1.54) is 103 Å². The molecular formula is C21H46O2P3U-. The van der Waals surface area contributed by atoms with Gasteiger partial charge in [-0.2, -0.15) is 6.42 Å². The monoisotopic (exact) mass is 661 g/mol. The van der Waals surface area contributed by atoms with Gasteiger partial charge in [0.2, 0.25) is 0 Å².